The van der Waals surface area contributed by atoms with Gasteiger partial charge in [0.2, 0.25) is 5.91 Å². The second-order valence-corrected chi connectivity index (χ2v) is 6.80. The van der Waals surface area contributed by atoms with Crippen molar-refractivity contribution in [3.05, 3.63) is 29.8 Å². The number of rotatable bonds is 8. The summed E-state index contributed by atoms with van der Waals surface area (Å²) in [5.41, 5.74) is 1.07. The first kappa shape index (κ1) is 20.2. The van der Waals surface area contributed by atoms with E-state index in [-0.39, 0.29) is 24.5 Å². The molecule has 144 valence electrons. The summed E-state index contributed by atoms with van der Waals surface area (Å²) in [4.78, 5) is 27.0. The van der Waals surface area contributed by atoms with Gasteiger partial charge in [0.05, 0.1) is 26.4 Å². The van der Waals surface area contributed by atoms with Gasteiger partial charge in [0.1, 0.15) is 5.75 Å². The Hall–Kier alpha value is -2.12. The Bertz CT molecular complexity index is 622. The fourth-order valence-electron chi connectivity index (χ4n) is 3.16. The van der Waals surface area contributed by atoms with Crippen molar-refractivity contribution in [2.75, 3.05) is 46.9 Å². The van der Waals surface area contributed by atoms with Gasteiger partial charge in [-0.05, 0) is 30.7 Å². The topological polar surface area (TPSA) is 79.3 Å². The number of nitrogens with zero attached hydrogens (tertiary/aromatic N) is 2. The van der Waals surface area contributed by atoms with Gasteiger partial charge in [0, 0.05) is 26.1 Å². The lowest BCUT2D eigenvalue weighted by molar-refractivity contribution is -0.142. The fraction of sp³-hybridized carbons (Fsp3) is 0.579. The number of carboxylic acids is 1. The summed E-state index contributed by atoms with van der Waals surface area (Å²) >= 11 is 0. The highest BCUT2D eigenvalue weighted by molar-refractivity contribution is 5.77. The first-order chi connectivity index (χ1) is 12.4. The number of morpholine rings is 1. The van der Waals surface area contributed by atoms with Gasteiger partial charge < -0.3 is 19.5 Å². The molecule has 1 aromatic carbocycles. The first-order valence-corrected chi connectivity index (χ1v) is 8.82. The minimum atomic E-state index is -0.872. The van der Waals surface area contributed by atoms with E-state index in [2.05, 4.69) is 0 Å². The highest BCUT2D eigenvalue weighted by Crippen LogP contribution is 2.24. The number of carbonyl (C=O) groups excluding carboxylic acids is 1. The van der Waals surface area contributed by atoms with Crippen LogP contribution in [-0.4, -0.2) is 79.8 Å². The number of hydrogen-bond donors (Lipinski definition) is 1. The number of hydrogen-bond acceptors (Lipinski definition) is 5. The van der Waals surface area contributed by atoms with E-state index in [9.17, 15) is 9.59 Å². The Labute approximate surface area is 154 Å². The van der Waals surface area contributed by atoms with Crippen LogP contribution in [0.15, 0.2) is 24.3 Å². The number of amides is 1. The fourth-order valence-corrected chi connectivity index (χ4v) is 3.16. The SMILES string of the molecule is COc1cccc([C@H](C)CC(=O)N2CCO[C@@H](CN(C)CC(=O)O)C2)c1. The Morgan fingerprint density at radius 2 is 2.23 bits per heavy atom. The number of methoxy groups -OCH3 is 1. The molecule has 1 amide bonds. The molecule has 1 N–H and O–H groups in total. The Morgan fingerprint density at radius 1 is 1.46 bits per heavy atom. The summed E-state index contributed by atoms with van der Waals surface area (Å²) < 4.78 is 10.9. The van der Waals surface area contributed by atoms with Gasteiger partial charge in [-0.3, -0.25) is 14.5 Å². The third-order valence-corrected chi connectivity index (χ3v) is 4.56. The summed E-state index contributed by atoms with van der Waals surface area (Å²) in [5.74, 6) is 0.0983. The van der Waals surface area contributed by atoms with Crippen molar-refractivity contribution in [3.63, 3.8) is 0 Å². The van der Waals surface area contributed by atoms with Gasteiger partial charge in [-0.2, -0.15) is 0 Å². The lowest BCUT2D eigenvalue weighted by Crippen LogP contribution is -2.49. The van der Waals surface area contributed by atoms with Crippen molar-refractivity contribution in [3.8, 4) is 5.75 Å². The van der Waals surface area contributed by atoms with Crippen LogP contribution in [0.2, 0.25) is 0 Å². The third-order valence-electron chi connectivity index (χ3n) is 4.56. The minimum Gasteiger partial charge on any atom is -0.497 e. The molecular weight excluding hydrogens is 336 g/mol. The molecule has 1 saturated heterocycles. The molecule has 26 heavy (non-hydrogen) atoms. The molecule has 1 aromatic rings. The van der Waals surface area contributed by atoms with Crippen LogP contribution in [0.5, 0.6) is 5.75 Å². The Balaban J connectivity index is 1.88. The molecule has 1 fully saturated rings. The van der Waals surface area contributed by atoms with Crippen LogP contribution in [0.25, 0.3) is 0 Å². The van der Waals surface area contributed by atoms with Crippen LogP contribution in [0.4, 0.5) is 0 Å². The summed E-state index contributed by atoms with van der Waals surface area (Å²) in [6.07, 6.45) is 0.259. The number of carboxylic acid groups (broad SMARTS) is 1. The van der Waals surface area contributed by atoms with E-state index in [0.29, 0.717) is 32.7 Å². The van der Waals surface area contributed by atoms with Crippen LogP contribution < -0.4 is 4.74 Å². The molecule has 1 heterocycles. The molecule has 0 unspecified atom stereocenters. The molecular formula is C19H28N2O5. The predicted octanol–water partition coefficient (Wildman–Crippen LogP) is 1.43. The largest absolute Gasteiger partial charge is 0.497 e. The number of benzene rings is 1. The zero-order chi connectivity index (χ0) is 19.1. The number of aliphatic carboxylic acids is 1. The normalized spacial score (nSPS) is 18.6. The van der Waals surface area contributed by atoms with Crippen molar-refractivity contribution < 1.29 is 24.2 Å². The summed E-state index contributed by atoms with van der Waals surface area (Å²) in [7, 11) is 3.37. The lowest BCUT2D eigenvalue weighted by Gasteiger charge is -2.35. The van der Waals surface area contributed by atoms with E-state index in [1.807, 2.05) is 36.1 Å². The minimum absolute atomic E-state index is 0.0410. The average Bonchev–Trinajstić information content (AvgIpc) is 2.61. The molecule has 0 aliphatic carbocycles. The summed E-state index contributed by atoms with van der Waals surface area (Å²) in [6, 6.07) is 7.78. The summed E-state index contributed by atoms with van der Waals surface area (Å²) in [5, 5.41) is 8.84. The molecule has 2 rings (SSSR count). The Morgan fingerprint density at radius 3 is 2.92 bits per heavy atom. The van der Waals surface area contributed by atoms with Gasteiger partial charge in [0.15, 0.2) is 0 Å². The molecule has 0 bridgehead atoms. The molecule has 7 nitrogen and oxygen atoms in total. The average molecular weight is 364 g/mol. The molecule has 1 aliphatic rings. The number of ether oxygens (including phenoxy) is 2. The second-order valence-electron chi connectivity index (χ2n) is 6.80. The van der Waals surface area contributed by atoms with E-state index < -0.39 is 5.97 Å². The maximum absolute atomic E-state index is 12.7. The number of likely N-dealkylation sites (N-methyl/N-ethyl adjacent to an activating group) is 1. The zero-order valence-electron chi connectivity index (χ0n) is 15.7. The second kappa shape index (κ2) is 9.54. The van der Waals surface area contributed by atoms with E-state index in [4.69, 9.17) is 14.6 Å². The van der Waals surface area contributed by atoms with Crippen molar-refractivity contribution in [2.24, 2.45) is 0 Å². The standard InChI is InChI=1S/C19H28N2O5/c1-14(15-5-4-6-16(10-15)25-3)9-18(22)21-7-8-26-17(12-21)11-20(2)13-19(23)24/h4-6,10,14,17H,7-9,11-13H2,1-3H3,(H,23,24)/t14-,17+/m1/s1. The van der Waals surface area contributed by atoms with Gasteiger partial charge in [-0.1, -0.05) is 19.1 Å². The van der Waals surface area contributed by atoms with Crippen molar-refractivity contribution in [1.29, 1.82) is 0 Å². The van der Waals surface area contributed by atoms with Crippen molar-refractivity contribution in [2.45, 2.75) is 25.4 Å². The van der Waals surface area contributed by atoms with Gasteiger partial charge in [-0.25, -0.2) is 0 Å². The summed E-state index contributed by atoms with van der Waals surface area (Å²) in [6.45, 7) is 4.02. The van der Waals surface area contributed by atoms with Crippen LogP contribution in [0, 0.1) is 0 Å². The number of carbonyl (C=O) groups is 2. The van der Waals surface area contributed by atoms with E-state index in [1.54, 1.807) is 19.1 Å². The molecule has 7 heteroatoms. The smallest absolute Gasteiger partial charge is 0.317 e. The van der Waals surface area contributed by atoms with Gasteiger partial charge >= 0.3 is 5.97 Å². The molecule has 2 atom stereocenters. The van der Waals surface area contributed by atoms with E-state index in [0.717, 1.165) is 11.3 Å². The molecule has 1 aliphatic heterocycles. The highest BCUT2D eigenvalue weighted by Gasteiger charge is 2.26. The van der Waals surface area contributed by atoms with Crippen LogP contribution in [0.3, 0.4) is 0 Å². The predicted molar refractivity (Wildman–Crippen MR) is 97.5 cm³/mol. The van der Waals surface area contributed by atoms with Crippen molar-refractivity contribution >= 4 is 11.9 Å². The van der Waals surface area contributed by atoms with Gasteiger partial charge in [0.25, 0.3) is 0 Å². The third kappa shape index (κ3) is 6.00. The van der Waals surface area contributed by atoms with Crippen molar-refractivity contribution in [1.82, 2.24) is 9.80 Å². The molecule has 0 radical (unpaired) electrons. The molecule has 0 spiro atoms. The van der Waals surface area contributed by atoms with Crippen LogP contribution in [-0.2, 0) is 14.3 Å². The van der Waals surface area contributed by atoms with Gasteiger partial charge in [-0.15, -0.1) is 0 Å². The molecule has 0 aromatic heterocycles. The molecule has 0 saturated carbocycles. The zero-order valence-corrected chi connectivity index (χ0v) is 15.7. The Kier molecular flexibility index (Phi) is 7.41. The van der Waals surface area contributed by atoms with E-state index in [1.165, 1.54) is 0 Å². The van der Waals surface area contributed by atoms with E-state index >= 15 is 0 Å². The maximum Gasteiger partial charge on any atom is 0.317 e. The maximum atomic E-state index is 12.7. The quantitative estimate of drug-likeness (QED) is 0.752. The first-order valence-electron chi connectivity index (χ1n) is 8.82. The highest BCUT2D eigenvalue weighted by atomic mass is 16.5. The van der Waals surface area contributed by atoms with Crippen LogP contribution >= 0.6 is 0 Å². The van der Waals surface area contributed by atoms with Crippen LogP contribution in [0.1, 0.15) is 24.8 Å². The monoisotopic (exact) mass is 364 g/mol. The lowest BCUT2D eigenvalue weighted by atomic mass is 9.97.